The lowest BCUT2D eigenvalue weighted by Gasteiger charge is -2.23. The Bertz CT molecular complexity index is 741. The average molecular weight is 416 g/mol. The van der Waals surface area contributed by atoms with Crippen molar-refractivity contribution in [3.8, 4) is 0 Å². The summed E-state index contributed by atoms with van der Waals surface area (Å²) in [6.07, 6.45) is 6.91. The Labute approximate surface area is 168 Å². The van der Waals surface area contributed by atoms with Crippen molar-refractivity contribution in [3.05, 3.63) is 23.8 Å². The maximum absolute atomic E-state index is 13.1. The minimum absolute atomic E-state index is 0. The molecule has 2 N–H and O–H groups in total. The van der Waals surface area contributed by atoms with Crippen molar-refractivity contribution in [1.82, 2.24) is 9.62 Å². The first-order chi connectivity index (χ1) is 12.5. The molecule has 1 aromatic carbocycles. The maximum Gasteiger partial charge on any atom is 0.243 e. The molecule has 0 aromatic heterocycles. The van der Waals surface area contributed by atoms with E-state index in [9.17, 15) is 13.2 Å². The minimum Gasteiger partial charge on any atom is -0.325 e. The molecule has 0 spiro atoms. The maximum atomic E-state index is 13.1. The predicted molar refractivity (Wildman–Crippen MR) is 110 cm³/mol. The van der Waals surface area contributed by atoms with Gasteiger partial charge in [-0.1, -0.05) is 25.3 Å². The number of sulfonamides is 1. The van der Waals surface area contributed by atoms with Crippen LogP contribution in [0.2, 0.25) is 0 Å². The second-order valence-corrected chi connectivity index (χ2v) is 9.20. The van der Waals surface area contributed by atoms with E-state index in [1.165, 1.54) is 0 Å². The van der Waals surface area contributed by atoms with Crippen molar-refractivity contribution < 1.29 is 13.2 Å². The summed E-state index contributed by atoms with van der Waals surface area (Å²) < 4.78 is 27.8. The van der Waals surface area contributed by atoms with Gasteiger partial charge in [0.2, 0.25) is 15.9 Å². The summed E-state index contributed by atoms with van der Waals surface area (Å²) >= 11 is 0. The molecule has 3 rings (SSSR count). The highest BCUT2D eigenvalue weighted by Crippen LogP contribution is 2.26. The van der Waals surface area contributed by atoms with Crippen LogP contribution in [0.1, 0.15) is 50.5 Å². The van der Waals surface area contributed by atoms with Gasteiger partial charge in [-0.15, -0.1) is 12.4 Å². The number of carbonyl (C=O) groups excluding carboxylic acids is 1. The molecule has 1 amide bonds. The highest BCUT2D eigenvalue weighted by Gasteiger charge is 2.27. The second kappa shape index (κ2) is 9.87. The lowest BCUT2D eigenvalue weighted by molar-refractivity contribution is -0.118. The molecule has 27 heavy (non-hydrogen) atoms. The topological polar surface area (TPSA) is 78.5 Å². The lowest BCUT2D eigenvalue weighted by Crippen LogP contribution is -2.43. The largest absolute Gasteiger partial charge is 0.325 e. The van der Waals surface area contributed by atoms with Gasteiger partial charge in [-0.05, 0) is 56.8 Å². The predicted octanol–water partition coefficient (Wildman–Crippen LogP) is 3.06. The number of anilines is 1. The molecule has 2 fully saturated rings. The van der Waals surface area contributed by atoms with Crippen LogP contribution in [0.5, 0.6) is 0 Å². The smallest absolute Gasteiger partial charge is 0.243 e. The molecular formula is C19H30ClN3O3S. The number of benzene rings is 1. The molecule has 0 radical (unpaired) electrons. The number of rotatable bonds is 4. The highest BCUT2D eigenvalue weighted by molar-refractivity contribution is 7.89. The zero-order valence-corrected chi connectivity index (χ0v) is 17.5. The number of amides is 1. The summed E-state index contributed by atoms with van der Waals surface area (Å²) in [7, 11) is -3.53. The molecular weight excluding hydrogens is 386 g/mol. The van der Waals surface area contributed by atoms with Gasteiger partial charge < -0.3 is 10.6 Å². The number of piperidine rings is 1. The van der Waals surface area contributed by atoms with E-state index in [4.69, 9.17) is 0 Å². The van der Waals surface area contributed by atoms with Crippen LogP contribution in [-0.2, 0) is 14.8 Å². The SMILES string of the molecule is Cc1ccc(NC(=O)C2CCCCN2)cc1S(=O)(=O)N1CCCCCC1.Cl. The Balaban J connectivity index is 0.00000261. The van der Waals surface area contributed by atoms with Crippen LogP contribution in [-0.4, -0.2) is 44.3 Å². The van der Waals surface area contributed by atoms with Gasteiger partial charge >= 0.3 is 0 Å². The van der Waals surface area contributed by atoms with Crippen molar-refractivity contribution in [1.29, 1.82) is 0 Å². The van der Waals surface area contributed by atoms with Gasteiger partial charge in [0.05, 0.1) is 10.9 Å². The molecule has 2 aliphatic heterocycles. The summed E-state index contributed by atoms with van der Waals surface area (Å²) in [6.45, 7) is 3.80. The third-order valence-corrected chi connectivity index (χ3v) is 7.31. The van der Waals surface area contributed by atoms with E-state index in [-0.39, 0.29) is 24.4 Å². The Morgan fingerprint density at radius 1 is 1.11 bits per heavy atom. The van der Waals surface area contributed by atoms with Crippen molar-refractivity contribution in [2.45, 2.75) is 62.8 Å². The van der Waals surface area contributed by atoms with E-state index in [1.807, 2.05) is 0 Å². The number of nitrogens with one attached hydrogen (secondary N) is 2. The van der Waals surface area contributed by atoms with Crippen LogP contribution in [0.25, 0.3) is 0 Å². The van der Waals surface area contributed by atoms with Crippen LogP contribution in [0.4, 0.5) is 5.69 Å². The number of hydrogen-bond donors (Lipinski definition) is 2. The normalized spacial score (nSPS) is 21.7. The number of nitrogens with zero attached hydrogens (tertiary/aromatic N) is 1. The van der Waals surface area contributed by atoms with Crippen molar-refractivity contribution in [2.75, 3.05) is 25.0 Å². The molecule has 2 heterocycles. The Morgan fingerprint density at radius 3 is 2.44 bits per heavy atom. The number of carbonyl (C=O) groups is 1. The van der Waals surface area contributed by atoms with Crippen LogP contribution in [0.3, 0.4) is 0 Å². The third kappa shape index (κ3) is 5.44. The second-order valence-electron chi connectivity index (χ2n) is 7.29. The Morgan fingerprint density at radius 2 is 1.81 bits per heavy atom. The molecule has 152 valence electrons. The minimum atomic E-state index is -3.53. The molecule has 2 aliphatic rings. The van der Waals surface area contributed by atoms with Gasteiger partial charge in [-0.3, -0.25) is 4.79 Å². The molecule has 1 atom stereocenters. The van der Waals surface area contributed by atoms with Crippen LogP contribution >= 0.6 is 12.4 Å². The van der Waals surface area contributed by atoms with E-state index < -0.39 is 10.0 Å². The Hall–Kier alpha value is -1.15. The molecule has 2 saturated heterocycles. The zero-order valence-electron chi connectivity index (χ0n) is 15.9. The van der Waals surface area contributed by atoms with Crippen LogP contribution < -0.4 is 10.6 Å². The standard InChI is InChI=1S/C19H29N3O3S.ClH/c1-15-9-10-16(21-19(23)17-8-4-5-11-20-17)14-18(15)26(24,25)22-12-6-2-3-7-13-22;/h9-10,14,17,20H,2-8,11-13H2,1H3,(H,21,23);1H. The first-order valence-corrected chi connectivity index (χ1v) is 11.1. The van der Waals surface area contributed by atoms with E-state index in [0.717, 1.165) is 51.5 Å². The van der Waals surface area contributed by atoms with Gasteiger partial charge in [-0.2, -0.15) is 4.31 Å². The van der Waals surface area contributed by atoms with E-state index in [1.54, 1.807) is 29.4 Å². The molecule has 8 heteroatoms. The Kier molecular flexibility index (Phi) is 8.09. The van der Waals surface area contributed by atoms with Crippen molar-refractivity contribution >= 4 is 34.0 Å². The van der Waals surface area contributed by atoms with Crippen LogP contribution in [0, 0.1) is 6.92 Å². The quantitative estimate of drug-likeness (QED) is 0.792. The summed E-state index contributed by atoms with van der Waals surface area (Å²) in [5.41, 5.74) is 1.25. The third-order valence-electron chi connectivity index (χ3n) is 5.27. The first-order valence-electron chi connectivity index (χ1n) is 9.63. The monoisotopic (exact) mass is 415 g/mol. The summed E-state index contributed by atoms with van der Waals surface area (Å²) in [5, 5.41) is 6.10. The van der Waals surface area contributed by atoms with Gasteiger partial charge in [0, 0.05) is 18.8 Å². The van der Waals surface area contributed by atoms with Gasteiger partial charge in [0.15, 0.2) is 0 Å². The first kappa shape index (κ1) is 22.1. The van der Waals surface area contributed by atoms with Gasteiger partial charge in [-0.25, -0.2) is 8.42 Å². The zero-order chi connectivity index (χ0) is 18.6. The fourth-order valence-corrected chi connectivity index (χ4v) is 5.45. The molecule has 0 saturated carbocycles. The van der Waals surface area contributed by atoms with Crippen molar-refractivity contribution in [3.63, 3.8) is 0 Å². The van der Waals surface area contributed by atoms with Crippen LogP contribution in [0.15, 0.2) is 23.1 Å². The number of halogens is 1. The van der Waals surface area contributed by atoms with Gasteiger partial charge in [0.1, 0.15) is 0 Å². The summed E-state index contributed by atoms with van der Waals surface area (Å²) in [6, 6.07) is 4.96. The summed E-state index contributed by atoms with van der Waals surface area (Å²) in [5.74, 6) is -0.0910. The van der Waals surface area contributed by atoms with Gasteiger partial charge in [0.25, 0.3) is 0 Å². The molecule has 0 aliphatic carbocycles. The molecule has 1 unspecified atom stereocenters. The average Bonchev–Trinajstić information content (AvgIpc) is 2.94. The molecule has 1 aromatic rings. The van der Waals surface area contributed by atoms with Crippen molar-refractivity contribution in [2.24, 2.45) is 0 Å². The van der Waals surface area contributed by atoms with E-state index in [0.29, 0.717) is 29.2 Å². The highest BCUT2D eigenvalue weighted by atomic mass is 35.5. The van der Waals surface area contributed by atoms with E-state index >= 15 is 0 Å². The molecule has 0 bridgehead atoms. The van der Waals surface area contributed by atoms with E-state index in [2.05, 4.69) is 10.6 Å². The fraction of sp³-hybridized carbons (Fsp3) is 0.632. The summed E-state index contributed by atoms with van der Waals surface area (Å²) in [4.78, 5) is 12.7. The number of hydrogen-bond acceptors (Lipinski definition) is 4. The number of aryl methyl sites for hydroxylation is 1. The molecule has 6 nitrogen and oxygen atoms in total. The fourth-order valence-electron chi connectivity index (χ4n) is 3.68. The lowest BCUT2D eigenvalue weighted by atomic mass is 10.0.